The number of ether oxygens (including phenoxy) is 2. The lowest BCUT2D eigenvalue weighted by molar-refractivity contribution is 0.414. The van der Waals surface area contributed by atoms with Crippen molar-refractivity contribution < 1.29 is 9.47 Å². The third-order valence-electron chi connectivity index (χ3n) is 9.76. The molecule has 0 N–H and O–H groups in total. The summed E-state index contributed by atoms with van der Waals surface area (Å²) in [7, 11) is 1.08. The van der Waals surface area contributed by atoms with Crippen LogP contribution < -0.4 is 9.47 Å². The summed E-state index contributed by atoms with van der Waals surface area (Å²) in [5.74, 6) is 1.85. The van der Waals surface area contributed by atoms with Crippen LogP contribution in [0.25, 0.3) is 43.1 Å². The zero-order valence-corrected chi connectivity index (χ0v) is 27.4. The van der Waals surface area contributed by atoms with Gasteiger partial charge in [-0.3, -0.25) is 0 Å². The third kappa shape index (κ3) is 4.53. The molecule has 222 valence electrons. The van der Waals surface area contributed by atoms with Crippen LogP contribution in [-0.2, 0) is 0 Å². The Morgan fingerprint density at radius 3 is 1.20 bits per heavy atom. The molecule has 0 saturated heterocycles. The Morgan fingerprint density at radius 2 is 0.822 bits per heavy atom. The summed E-state index contributed by atoms with van der Waals surface area (Å²) in [5.41, 5.74) is 7.55. The van der Waals surface area contributed by atoms with E-state index in [-0.39, 0.29) is 0 Å². The van der Waals surface area contributed by atoms with Gasteiger partial charge >= 0.3 is 0 Å². The highest BCUT2D eigenvalue weighted by atomic mass is 28.3. The normalized spacial score (nSPS) is 14.4. The van der Waals surface area contributed by atoms with Crippen LogP contribution in [0.4, 0.5) is 0 Å². The molecule has 0 unspecified atom stereocenters. The Kier molecular flexibility index (Phi) is 7.64. The van der Waals surface area contributed by atoms with Crippen LogP contribution >= 0.6 is 0 Å². The number of benzene rings is 6. The predicted molar refractivity (Wildman–Crippen MR) is 194 cm³/mol. The van der Waals surface area contributed by atoms with E-state index in [9.17, 15) is 0 Å². The molecule has 0 radical (unpaired) electrons. The zero-order valence-electron chi connectivity index (χ0n) is 26.4. The standard InChI is InChI=1S/C42H38O2Si/c1-5-45(6-2)41(39-33-23-15-13-17-29(33)25-27-35(39)43-3)37(31-19-9-7-10-20-31)38(32-21-11-8-12-22-32)42(45)40-34-24-16-14-18-30(34)26-28-36(40)44-4/h7-28H,5-6H2,1-4H3. The number of allylic oxidation sites excluding steroid dienone is 2. The highest BCUT2D eigenvalue weighted by molar-refractivity contribution is 7.15. The van der Waals surface area contributed by atoms with Gasteiger partial charge in [0, 0.05) is 11.1 Å². The van der Waals surface area contributed by atoms with Crippen molar-refractivity contribution in [2.24, 2.45) is 0 Å². The highest BCUT2D eigenvalue weighted by Crippen LogP contribution is 2.61. The molecular formula is C42H38O2Si. The van der Waals surface area contributed by atoms with Gasteiger partial charge in [0.25, 0.3) is 0 Å². The largest absolute Gasteiger partial charge is 0.496 e. The van der Waals surface area contributed by atoms with Crippen LogP contribution in [0.3, 0.4) is 0 Å². The van der Waals surface area contributed by atoms with Gasteiger partial charge < -0.3 is 9.47 Å². The molecule has 6 aromatic carbocycles. The van der Waals surface area contributed by atoms with Gasteiger partial charge in [-0.25, -0.2) is 0 Å². The Morgan fingerprint density at radius 1 is 0.444 bits per heavy atom. The van der Waals surface area contributed by atoms with Gasteiger partial charge in [0.15, 0.2) is 0 Å². The first-order valence-corrected chi connectivity index (χ1v) is 18.3. The molecule has 0 atom stereocenters. The van der Waals surface area contributed by atoms with Gasteiger partial charge in [0.05, 0.1) is 14.2 Å². The fourth-order valence-electron chi connectivity index (χ4n) is 7.69. The fourth-order valence-corrected chi connectivity index (χ4v) is 12.8. The minimum absolute atomic E-state index is 0.925. The zero-order chi connectivity index (χ0) is 31.0. The van der Waals surface area contributed by atoms with E-state index in [1.54, 1.807) is 0 Å². The Hall–Kier alpha value is -4.86. The molecule has 0 bridgehead atoms. The van der Waals surface area contributed by atoms with Crippen molar-refractivity contribution in [2.75, 3.05) is 14.2 Å². The summed E-state index contributed by atoms with van der Waals surface area (Å²) in [4.78, 5) is 0. The molecule has 3 heteroatoms. The molecule has 0 spiro atoms. The lowest BCUT2D eigenvalue weighted by Gasteiger charge is -2.35. The monoisotopic (exact) mass is 602 g/mol. The van der Waals surface area contributed by atoms with Gasteiger partial charge in [0.2, 0.25) is 0 Å². The number of methoxy groups -OCH3 is 2. The summed E-state index contributed by atoms with van der Waals surface area (Å²) < 4.78 is 12.5. The second kappa shape index (κ2) is 11.9. The van der Waals surface area contributed by atoms with Crippen LogP contribution in [0.2, 0.25) is 12.1 Å². The molecule has 1 aliphatic rings. The first kappa shape index (κ1) is 28.9. The molecule has 1 aliphatic heterocycles. The molecule has 0 amide bonds. The van der Waals surface area contributed by atoms with Crippen molar-refractivity contribution in [2.45, 2.75) is 25.9 Å². The number of rotatable bonds is 8. The first-order chi connectivity index (χ1) is 22.2. The number of hydrogen-bond acceptors (Lipinski definition) is 2. The van der Waals surface area contributed by atoms with E-state index in [1.807, 2.05) is 14.2 Å². The molecule has 7 rings (SSSR count). The van der Waals surface area contributed by atoms with E-state index in [0.717, 1.165) is 23.6 Å². The van der Waals surface area contributed by atoms with Crippen molar-refractivity contribution in [3.63, 3.8) is 0 Å². The second-order valence-electron chi connectivity index (χ2n) is 11.7. The Bertz CT molecular complexity index is 1940. The minimum atomic E-state index is -2.54. The average molecular weight is 603 g/mol. The summed E-state index contributed by atoms with van der Waals surface area (Å²) in [5, 5.41) is 7.82. The van der Waals surface area contributed by atoms with Crippen LogP contribution in [0.5, 0.6) is 11.5 Å². The molecule has 0 fully saturated rings. The lowest BCUT2D eigenvalue weighted by atomic mass is 9.87. The molecule has 0 saturated carbocycles. The van der Waals surface area contributed by atoms with E-state index in [0.29, 0.717) is 0 Å². The number of hydrogen-bond donors (Lipinski definition) is 0. The minimum Gasteiger partial charge on any atom is -0.496 e. The Balaban J connectivity index is 1.75. The molecule has 0 aromatic heterocycles. The van der Waals surface area contributed by atoms with Crippen molar-refractivity contribution in [1.82, 2.24) is 0 Å². The van der Waals surface area contributed by atoms with Gasteiger partial charge in [-0.2, -0.15) is 0 Å². The lowest BCUT2D eigenvalue weighted by Crippen LogP contribution is -2.35. The smallest absolute Gasteiger partial charge is 0.126 e. The van der Waals surface area contributed by atoms with E-state index in [1.165, 1.54) is 65.3 Å². The molecular weight excluding hydrogens is 565 g/mol. The average Bonchev–Trinajstić information content (AvgIpc) is 3.41. The van der Waals surface area contributed by atoms with E-state index >= 15 is 0 Å². The van der Waals surface area contributed by atoms with Crippen molar-refractivity contribution in [3.05, 3.63) is 156 Å². The van der Waals surface area contributed by atoms with Gasteiger partial charge in [-0.15, -0.1) is 0 Å². The van der Waals surface area contributed by atoms with Crippen molar-refractivity contribution in [1.29, 1.82) is 0 Å². The topological polar surface area (TPSA) is 18.5 Å². The molecule has 6 aromatic rings. The summed E-state index contributed by atoms with van der Waals surface area (Å²) >= 11 is 0. The maximum Gasteiger partial charge on any atom is 0.126 e. The van der Waals surface area contributed by atoms with Crippen LogP contribution in [0, 0.1) is 0 Å². The van der Waals surface area contributed by atoms with Gasteiger partial charge in [-0.1, -0.05) is 147 Å². The van der Waals surface area contributed by atoms with Gasteiger partial charge in [0.1, 0.15) is 19.6 Å². The SMILES string of the molecule is CC[Si]1(CC)C(c2c(OC)ccc3ccccc23)=C(c2ccccc2)C(c2ccccc2)=C1c1c(OC)ccc2ccccc12. The fraction of sp³-hybridized carbons (Fsp3) is 0.143. The highest BCUT2D eigenvalue weighted by Gasteiger charge is 2.50. The summed E-state index contributed by atoms with van der Waals surface area (Å²) in [6.45, 7) is 4.81. The van der Waals surface area contributed by atoms with Crippen LogP contribution in [0.15, 0.2) is 133 Å². The summed E-state index contributed by atoms with van der Waals surface area (Å²) in [6, 6.07) is 50.4. The molecule has 1 heterocycles. The van der Waals surface area contributed by atoms with Gasteiger partial charge in [-0.05, 0) is 66.3 Å². The van der Waals surface area contributed by atoms with Crippen LogP contribution in [0.1, 0.15) is 36.1 Å². The molecule has 45 heavy (non-hydrogen) atoms. The van der Waals surface area contributed by atoms with Crippen molar-refractivity contribution in [3.8, 4) is 11.5 Å². The third-order valence-corrected chi connectivity index (χ3v) is 15.1. The predicted octanol–water partition coefficient (Wildman–Crippen LogP) is 11.1. The maximum absolute atomic E-state index is 6.27. The van der Waals surface area contributed by atoms with E-state index < -0.39 is 8.07 Å². The van der Waals surface area contributed by atoms with Crippen LogP contribution in [-0.4, -0.2) is 22.3 Å². The van der Waals surface area contributed by atoms with E-state index in [4.69, 9.17) is 9.47 Å². The molecule has 0 aliphatic carbocycles. The maximum atomic E-state index is 6.27. The molecule has 2 nitrogen and oxygen atoms in total. The number of fused-ring (bicyclic) bond motifs is 2. The second-order valence-corrected chi connectivity index (χ2v) is 16.3. The van der Waals surface area contributed by atoms with Crippen molar-refractivity contribution >= 4 is 51.2 Å². The van der Waals surface area contributed by atoms with E-state index in [2.05, 4.69) is 147 Å². The first-order valence-electron chi connectivity index (χ1n) is 15.9. The Labute approximate surface area is 267 Å². The summed E-state index contributed by atoms with van der Waals surface area (Å²) in [6.07, 6.45) is 0. The quantitative estimate of drug-likeness (QED) is 0.161.